The van der Waals surface area contributed by atoms with Gasteiger partial charge in [-0.15, -0.1) is 0 Å². The van der Waals surface area contributed by atoms with Crippen LogP contribution in [0.3, 0.4) is 0 Å². The Hall–Kier alpha value is -4.72. The van der Waals surface area contributed by atoms with Crippen LogP contribution in [0.5, 0.6) is 11.5 Å². The van der Waals surface area contributed by atoms with Gasteiger partial charge in [0.05, 0.1) is 7.05 Å². The molecule has 0 aliphatic heterocycles. The summed E-state index contributed by atoms with van der Waals surface area (Å²) in [6, 6.07) is 33.3. The molecule has 0 heterocycles. The van der Waals surface area contributed by atoms with E-state index in [0.29, 0.717) is 13.2 Å². The Kier molecular flexibility index (Phi) is 22.4. The minimum absolute atomic E-state index is 0.0564. The summed E-state index contributed by atoms with van der Waals surface area (Å²) in [5.74, 6) is 1.68. The molecule has 0 bridgehead atoms. The fourth-order valence-corrected chi connectivity index (χ4v) is 7.82. The molecule has 2 unspecified atom stereocenters. The molecule has 63 heavy (non-hydrogen) atoms. The summed E-state index contributed by atoms with van der Waals surface area (Å²) in [4.78, 5) is 0. The largest absolute Gasteiger partial charge is 0.488 e. The van der Waals surface area contributed by atoms with Crippen LogP contribution in [-0.4, -0.2) is 20.1 Å². The fourth-order valence-electron chi connectivity index (χ4n) is 7.47. The molecule has 2 atom stereocenters. The summed E-state index contributed by atoms with van der Waals surface area (Å²) in [7, 11) is 2.09. The zero-order valence-electron chi connectivity index (χ0n) is 40.1. The van der Waals surface area contributed by atoms with Crippen LogP contribution in [0.15, 0.2) is 109 Å². The van der Waals surface area contributed by atoms with Gasteiger partial charge >= 0.3 is 0 Å². The van der Waals surface area contributed by atoms with E-state index in [0.717, 1.165) is 99.6 Å². The van der Waals surface area contributed by atoms with Gasteiger partial charge in [0.25, 0.3) is 0 Å². The number of nitrogens with one attached hydrogen (secondary N) is 2. The van der Waals surface area contributed by atoms with Crippen molar-refractivity contribution in [3.63, 3.8) is 0 Å². The Labute approximate surface area is 390 Å². The molecule has 0 aliphatic carbocycles. The van der Waals surface area contributed by atoms with Gasteiger partial charge in [-0.05, 0) is 99.2 Å². The number of hydrogen-bond donors (Lipinski definition) is 4. The van der Waals surface area contributed by atoms with E-state index < -0.39 is 0 Å². The van der Waals surface area contributed by atoms with E-state index in [9.17, 15) is 0 Å². The Morgan fingerprint density at radius 2 is 1.02 bits per heavy atom. The third-order valence-electron chi connectivity index (χ3n) is 11.6. The third-order valence-corrected chi connectivity index (χ3v) is 12.1. The molecule has 5 rings (SSSR count). The summed E-state index contributed by atoms with van der Waals surface area (Å²) in [5.41, 5.74) is 15.2. The Morgan fingerprint density at radius 1 is 0.587 bits per heavy atom. The maximum Gasteiger partial charge on any atom is 0.133 e. The fraction of sp³-hybridized carbons (Fsp3) is 0.382. The van der Waals surface area contributed by atoms with Crippen molar-refractivity contribution < 1.29 is 20.5 Å². The third kappa shape index (κ3) is 15.2. The highest BCUT2D eigenvalue weighted by Crippen LogP contribution is 2.39. The predicted molar refractivity (Wildman–Crippen MR) is 275 cm³/mol. The van der Waals surface area contributed by atoms with Gasteiger partial charge in [0.1, 0.15) is 36.1 Å². The Bertz CT molecular complexity index is 2200. The van der Waals surface area contributed by atoms with Crippen molar-refractivity contribution in [2.45, 2.75) is 119 Å². The molecular weight excluding hydrogens is 820 g/mol. The maximum absolute atomic E-state index is 6.52. The maximum atomic E-state index is 6.52. The van der Waals surface area contributed by atoms with E-state index in [1.807, 2.05) is 45.9 Å². The lowest BCUT2D eigenvalue weighted by molar-refractivity contribution is -0.540. The van der Waals surface area contributed by atoms with Gasteiger partial charge in [0, 0.05) is 91.9 Å². The van der Waals surface area contributed by atoms with Crippen LogP contribution in [-0.2, 0) is 24.0 Å². The van der Waals surface area contributed by atoms with Crippen molar-refractivity contribution in [2.75, 3.05) is 30.8 Å². The molecule has 340 valence electrons. The molecule has 0 spiro atoms. The second kappa shape index (κ2) is 26.8. The van der Waals surface area contributed by atoms with Gasteiger partial charge in [0.15, 0.2) is 0 Å². The number of anilines is 2. The molecule has 0 fully saturated rings. The predicted octanol–water partition coefficient (Wildman–Crippen LogP) is 14.3. The number of allylic oxidation sites excluding steroid dienone is 2. The Balaban J connectivity index is 0.00000256. The molecule has 0 aromatic heterocycles. The summed E-state index contributed by atoms with van der Waals surface area (Å²) < 4.78 is 13.0. The van der Waals surface area contributed by atoms with Crippen molar-refractivity contribution >= 4 is 58.1 Å². The molecule has 0 amide bonds. The van der Waals surface area contributed by atoms with Gasteiger partial charge in [-0.3, -0.25) is 0 Å². The van der Waals surface area contributed by atoms with E-state index >= 15 is 0 Å². The quantitative estimate of drug-likeness (QED) is 0.0553. The van der Waals surface area contributed by atoms with Crippen LogP contribution in [0.2, 0.25) is 10.0 Å². The topological polar surface area (TPSA) is 86.8 Å². The lowest BCUT2D eigenvalue weighted by atomic mass is 9.76. The molecule has 7 N–H and O–H groups in total. The van der Waals surface area contributed by atoms with Gasteiger partial charge in [-0.2, -0.15) is 0 Å². The average Bonchev–Trinajstić information content (AvgIpc) is 3.31. The van der Waals surface area contributed by atoms with E-state index in [1.54, 1.807) is 0 Å². The van der Waals surface area contributed by atoms with Crippen LogP contribution in [0.25, 0.3) is 12.2 Å². The number of hydrogen-bond acceptors (Lipinski definition) is 4. The van der Waals surface area contributed by atoms with Crippen LogP contribution in [0.4, 0.5) is 22.7 Å². The summed E-state index contributed by atoms with van der Waals surface area (Å²) >= 11 is 12.9. The second-order valence-electron chi connectivity index (χ2n) is 15.8. The normalized spacial score (nSPS) is 13.0. The number of halogens is 2. The van der Waals surface area contributed by atoms with Crippen molar-refractivity contribution in [2.24, 2.45) is 0 Å². The number of ether oxygens (including phenoxy) is 2. The first-order valence-corrected chi connectivity index (χ1v) is 23.8. The number of benzene rings is 5. The van der Waals surface area contributed by atoms with Gasteiger partial charge < -0.3 is 31.2 Å². The Morgan fingerprint density at radius 3 is 1.44 bits per heavy atom. The van der Waals surface area contributed by atoms with E-state index in [4.69, 9.17) is 32.7 Å². The van der Waals surface area contributed by atoms with Crippen LogP contribution in [0, 0.1) is 0 Å². The lowest BCUT2D eigenvalue weighted by Gasteiger charge is -2.28. The van der Waals surface area contributed by atoms with Crippen molar-refractivity contribution in [3.8, 4) is 11.5 Å². The van der Waals surface area contributed by atoms with Gasteiger partial charge in [0.2, 0.25) is 0 Å². The summed E-state index contributed by atoms with van der Waals surface area (Å²) in [6.07, 6.45) is 12.6. The van der Waals surface area contributed by atoms with Crippen LogP contribution in [0.1, 0.15) is 128 Å². The molecule has 6 nitrogen and oxygen atoms in total. The van der Waals surface area contributed by atoms with Crippen molar-refractivity contribution in [1.82, 2.24) is 0 Å². The SMILES string of the molecule is CC.CC.CCNc1ccc(/C=C/CC(C)(CC)c2cc(Cl)ccc2[NH3+])c(OCc2ccc(COc3cc(NCC)ccc3/C=C/CC(C)(CC)c3cc(Cl)ccc3[NH2+]C)cc2)c1. The first kappa shape index (κ1) is 52.6. The van der Waals surface area contributed by atoms with Crippen LogP contribution < -0.4 is 31.2 Å². The van der Waals surface area contributed by atoms with E-state index in [2.05, 4.69) is 173 Å². The minimum Gasteiger partial charge on any atom is -0.488 e. The molecular formula is C55H76Cl2N4O2+2. The summed E-state index contributed by atoms with van der Waals surface area (Å²) in [5, 5.41) is 10.5. The van der Waals surface area contributed by atoms with Crippen molar-refractivity contribution in [1.29, 1.82) is 0 Å². The second-order valence-corrected chi connectivity index (χ2v) is 16.7. The highest BCUT2D eigenvalue weighted by atomic mass is 35.5. The first-order chi connectivity index (χ1) is 30.4. The smallest absolute Gasteiger partial charge is 0.133 e. The van der Waals surface area contributed by atoms with Crippen LogP contribution >= 0.6 is 23.2 Å². The van der Waals surface area contributed by atoms with E-state index in [1.165, 1.54) is 16.8 Å². The highest BCUT2D eigenvalue weighted by Gasteiger charge is 2.29. The number of nitrogens with two attached hydrogens (primary N) is 1. The molecule has 0 saturated carbocycles. The molecule has 8 heteroatoms. The molecule has 5 aromatic carbocycles. The molecule has 0 radical (unpaired) electrons. The molecule has 0 aliphatic rings. The first-order valence-electron chi connectivity index (χ1n) is 23.1. The zero-order chi connectivity index (χ0) is 46.4. The lowest BCUT2D eigenvalue weighted by Crippen LogP contribution is -2.73. The highest BCUT2D eigenvalue weighted by molar-refractivity contribution is 6.31. The number of rotatable bonds is 21. The van der Waals surface area contributed by atoms with E-state index in [-0.39, 0.29) is 10.8 Å². The van der Waals surface area contributed by atoms with Crippen molar-refractivity contribution in [3.05, 3.63) is 153 Å². The monoisotopic (exact) mass is 895 g/mol. The van der Waals surface area contributed by atoms with Gasteiger partial charge in [-0.25, -0.2) is 0 Å². The van der Waals surface area contributed by atoms with Gasteiger partial charge in [-0.1, -0.05) is 127 Å². The number of quaternary nitrogens is 2. The average molecular weight is 896 g/mol. The molecule has 0 saturated heterocycles. The minimum atomic E-state index is -0.0883. The standard InChI is InChI=1S/C51H62Cl2N4O2.2C2H6/c1-8-50(5,44-30-40(52)22-26-46(44)54)28-12-14-38-20-24-42(56-10-3)32-48(38)58-34-36-16-18-37(19-17-36)35-59-49-33-43(57-11-4)25-21-39(49)15-13-29-51(6,9-2)45-31-41(53)23-27-47(45)55-7;2*1-2/h12-27,30-33,55-57H,8-11,28-29,34-35,54H2,1-7H3;2*1-2H3/p+2/b14-12+,15-13+;;. The zero-order valence-corrected chi connectivity index (χ0v) is 41.6. The molecule has 5 aromatic rings. The summed E-state index contributed by atoms with van der Waals surface area (Å²) in [6.45, 7) is 23.8.